The molecule has 0 amide bonds. The van der Waals surface area contributed by atoms with E-state index in [-0.39, 0.29) is 0 Å². The molecule has 0 radical (unpaired) electrons. The van der Waals surface area contributed by atoms with Crippen molar-refractivity contribution in [1.82, 2.24) is 10.2 Å². The largest absolute Gasteiger partial charge is 0.496 e. The zero-order valence-corrected chi connectivity index (χ0v) is 11.7. The van der Waals surface area contributed by atoms with Crippen LogP contribution >= 0.6 is 0 Å². The van der Waals surface area contributed by atoms with Gasteiger partial charge in [-0.25, -0.2) is 0 Å². The molecule has 100 valence electrons. The van der Waals surface area contributed by atoms with Crippen LogP contribution in [0.4, 0.5) is 0 Å². The van der Waals surface area contributed by atoms with E-state index in [1.165, 1.54) is 11.1 Å². The number of ether oxygens (including phenoxy) is 1. The van der Waals surface area contributed by atoms with Crippen molar-refractivity contribution in [2.45, 2.75) is 19.8 Å². The summed E-state index contributed by atoms with van der Waals surface area (Å²) in [6, 6.07) is 6.45. The summed E-state index contributed by atoms with van der Waals surface area (Å²) in [5.41, 5.74) is 2.63. The fraction of sp³-hybridized carbons (Fsp3) is 0.600. The number of aryl methyl sites for hydroxylation is 1. The molecule has 0 aliphatic carbocycles. The number of hydrogen-bond donors (Lipinski definition) is 1. The monoisotopic (exact) mass is 248 g/mol. The number of hydrogen-bond acceptors (Lipinski definition) is 3. The molecule has 1 aliphatic heterocycles. The van der Waals surface area contributed by atoms with Crippen LogP contribution in [0.3, 0.4) is 0 Å². The normalized spacial score (nSPS) is 18.6. The third-order valence-corrected chi connectivity index (χ3v) is 3.66. The Balaban J connectivity index is 2.07. The minimum absolute atomic E-state index is 0.512. The van der Waals surface area contributed by atoms with Gasteiger partial charge in [0.15, 0.2) is 0 Å². The SMILES string of the molecule is COc1ccc(C)cc1C(C)CN1CCNCC1. The molecule has 1 heterocycles. The summed E-state index contributed by atoms with van der Waals surface area (Å²) in [7, 11) is 1.76. The molecule has 1 atom stereocenters. The minimum atomic E-state index is 0.512. The van der Waals surface area contributed by atoms with Crippen LogP contribution in [0.15, 0.2) is 18.2 Å². The summed E-state index contributed by atoms with van der Waals surface area (Å²) in [4.78, 5) is 2.53. The molecule has 0 saturated carbocycles. The van der Waals surface area contributed by atoms with E-state index >= 15 is 0 Å². The molecule has 18 heavy (non-hydrogen) atoms. The average Bonchev–Trinajstić information content (AvgIpc) is 2.40. The lowest BCUT2D eigenvalue weighted by molar-refractivity contribution is 0.229. The Bertz CT molecular complexity index is 386. The maximum atomic E-state index is 5.48. The fourth-order valence-corrected chi connectivity index (χ4v) is 2.62. The van der Waals surface area contributed by atoms with E-state index in [9.17, 15) is 0 Å². The van der Waals surface area contributed by atoms with Gasteiger partial charge >= 0.3 is 0 Å². The molecule has 1 N–H and O–H groups in total. The van der Waals surface area contributed by atoms with Crippen LogP contribution in [-0.4, -0.2) is 44.7 Å². The first kappa shape index (κ1) is 13.4. The molecule has 1 unspecified atom stereocenters. The first-order valence-electron chi connectivity index (χ1n) is 6.78. The minimum Gasteiger partial charge on any atom is -0.496 e. The second-order valence-electron chi connectivity index (χ2n) is 5.20. The summed E-state index contributed by atoms with van der Waals surface area (Å²) in [5.74, 6) is 1.53. The number of benzene rings is 1. The van der Waals surface area contributed by atoms with Crippen molar-refractivity contribution in [3.05, 3.63) is 29.3 Å². The molecule has 1 aromatic rings. The zero-order valence-electron chi connectivity index (χ0n) is 11.7. The number of methoxy groups -OCH3 is 1. The highest BCUT2D eigenvalue weighted by Gasteiger charge is 2.17. The van der Waals surface area contributed by atoms with E-state index in [0.29, 0.717) is 5.92 Å². The van der Waals surface area contributed by atoms with Crippen LogP contribution < -0.4 is 10.1 Å². The second-order valence-corrected chi connectivity index (χ2v) is 5.20. The summed E-state index contributed by atoms with van der Waals surface area (Å²) >= 11 is 0. The van der Waals surface area contributed by atoms with Gasteiger partial charge < -0.3 is 15.0 Å². The summed E-state index contributed by atoms with van der Waals surface area (Å²) < 4.78 is 5.48. The van der Waals surface area contributed by atoms with Crippen LogP contribution in [0.1, 0.15) is 24.0 Å². The van der Waals surface area contributed by atoms with Gasteiger partial charge in [-0.05, 0) is 24.5 Å². The molecule has 0 bridgehead atoms. The highest BCUT2D eigenvalue weighted by molar-refractivity contribution is 5.39. The molecule has 1 aromatic carbocycles. The van der Waals surface area contributed by atoms with Gasteiger partial charge in [0, 0.05) is 32.7 Å². The first-order valence-corrected chi connectivity index (χ1v) is 6.78. The van der Waals surface area contributed by atoms with Gasteiger partial charge in [0.2, 0.25) is 0 Å². The van der Waals surface area contributed by atoms with Crippen molar-refractivity contribution in [2.75, 3.05) is 39.8 Å². The van der Waals surface area contributed by atoms with E-state index in [1.807, 2.05) is 0 Å². The molecule has 0 spiro atoms. The highest BCUT2D eigenvalue weighted by atomic mass is 16.5. The Kier molecular flexibility index (Phi) is 4.61. The van der Waals surface area contributed by atoms with Crippen LogP contribution in [0, 0.1) is 6.92 Å². The summed E-state index contributed by atoms with van der Waals surface area (Å²) in [6.45, 7) is 10.1. The van der Waals surface area contributed by atoms with Crippen LogP contribution in [0.5, 0.6) is 5.75 Å². The highest BCUT2D eigenvalue weighted by Crippen LogP contribution is 2.28. The molecular weight excluding hydrogens is 224 g/mol. The van der Waals surface area contributed by atoms with E-state index in [0.717, 1.165) is 38.5 Å². The van der Waals surface area contributed by atoms with E-state index in [2.05, 4.69) is 42.3 Å². The van der Waals surface area contributed by atoms with Gasteiger partial charge in [-0.1, -0.05) is 24.6 Å². The Hall–Kier alpha value is -1.06. The third-order valence-electron chi connectivity index (χ3n) is 3.66. The van der Waals surface area contributed by atoms with Gasteiger partial charge in [0.25, 0.3) is 0 Å². The van der Waals surface area contributed by atoms with Crippen molar-refractivity contribution in [1.29, 1.82) is 0 Å². The second kappa shape index (κ2) is 6.21. The Morgan fingerprint density at radius 2 is 2.06 bits per heavy atom. The van der Waals surface area contributed by atoms with Gasteiger partial charge in [-0.3, -0.25) is 0 Å². The van der Waals surface area contributed by atoms with Crippen molar-refractivity contribution in [3.63, 3.8) is 0 Å². The molecule has 3 heteroatoms. The fourth-order valence-electron chi connectivity index (χ4n) is 2.62. The van der Waals surface area contributed by atoms with Crippen molar-refractivity contribution in [2.24, 2.45) is 0 Å². The number of piperazine rings is 1. The van der Waals surface area contributed by atoms with Crippen LogP contribution in [0.25, 0.3) is 0 Å². The van der Waals surface area contributed by atoms with Crippen LogP contribution in [0.2, 0.25) is 0 Å². The lowest BCUT2D eigenvalue weighted by Crippen LogP contribution is -2.44. The number of nitrogens with zero attached hydrogens (tertiary/aromatic N) is 1. The molecule has 0 aromatic heterocycles. The third kappa shape index (κ3) is 3.24. The van der Waals surface area contributed by atoms with Crippen molar-refractivity contribution in [3.8, 4) is 5.75 Å². The van der Waals surface area contributed by atoms with E-state index in [1.54, 1.807) is 7.11 Å². The standard InChI is InChI=1S/C15H24N2O/c1-12-4-5-15(18-3)14(10-12)13(2)11-17-8-6-16-7-9-17/h4-5,10,13,16H,6-9,11H2,1-3H3. The molecule has 2 rings (SSSR count). The average molecular weight is 248 g/mol. The first-order chi connectivity index (χ1) is 8.70. The maximum absolute atomic E-state index is 5.48. The smallest absolute Gasteiger partial charge is 0.122 e. The summed E-state index contributed by atoms with van der Waals surface area (Å²) in [5, 5.41) is 3.39. The molecular formula is C15H24N2O. The lowest BCUT2D eigenvalue weighted by Gasteiger charge is -2.30. The lowest BCUT2D eigenvalue weighted by atomic mass is 9.97. The van der Waals surface area contributed by atoms with E-state index < -0.39 is 0 Å². The Morgan fingerprint density at radius 1 is 1.33 bits per heavy atom. The number of nitrogens with one attached hydrogen (secondary N) is 1. The topological polar surface area (TPSA) is 24.5 Å². The Labute approximate surface area is 110 Å². The molecule has 1 aliphatic rings. The van der Waals surface area contributed by atoms with Gasteiger partial charge in [-0.2, -0.15) is 0 Å². The maximum Gasteiger partial charge on any atom is 0.122 e. The Morgan fingerprint density at radius 3 is 2.72 bits per heavy atom. The van der Waals surface area contributed by atoms with Crippen LogP contribution in [-0.2, 0) is 0 Å². The molecule has 1 fully saturated rings. The van der Waals surface area contributed by atoms with Crippen molar-refractivity contribution < 1.29 is 4.74 Å². The summed E-state index contributed by atoms with van der Waals surface area (Å²) in [6.07, 6.45) is 0. The predicted octanol–water partition coefficient (Wildman–Crippen LogP) is 2.01. The van der Waals surface area contributed by atoms with Gasteiger partial charge in [0.1, 0.15) is 5.75 Å². The van der Waals surface area contributed by atoms with E-state index in [4.69, 9.17) is 4.74 Å². The quantitative estimate of drug-likeness (QED) is 0.882. The molecule has 3 nitrogen and oxygen atoms in total. The number of rotatable bonds is 4. The van der Waals surface area contributed by atoms with Gasteiger partial charge in [-0.15, -0.1) is 0 Å². The molecule has 1 saturated heterocycles. The van der Waals surface area contributed by atoms with Crippen molar-refractivity contribution >= 4 is 0 Å². The predicted molar refractivity (Wildman–Crippen MR) is 75.5 cm³/mol. The van der Waals surface area contributed by atoms with Gasteiger partial charge in [0.05, 0.1) is 7.11 Å². The zero-order chi connectivity index (χ0) is 13.0.